The number of carbonyl (C=O) groups excluding carboxylic acids is 1. The molecule has 4 nitrogen and oxygen atoms in total. The number of thiophene rings is 1. The number of para-hydroxylation sites is 2. The zero-order chi connectivity index (χ0) is 13.9. The molecule has 0 saturated heterocycles. The van der Waals surface area contributed by atoms with Gasteiger partial charge in [-0.2, -0.15) is 11.3 Å². The fraction of sp³-hybridized carbons (Fsp3) is 0.267. The first-order valence-corrected chi connectivity index (χ1v) is 7.39. The lowest BCUT2D eigenvalue weighted by molar-refractivity contribution is -0.133. The topological polar surface area (TPSA) is 47.6 Å². The summed E-state index contributed by atoms with van der Waals surface area (Å²) in [5.74, 6) is 1.14. The fourth-order valence-corrected chi connectivity index (χ4v) is 2.76. The molecule has 2 heterocycles. The van der Waals surface area contributed by atoms with Gasteiger partial charge in [0.2, 0.25) is 6.10 Å². The summed E-state index contributed by atoms with van der Waals surface area (Å²) < 4.78 is 11.5. The number of hydrogen-bond donors (Lipinski definition) is 1. The Hall–Kier alpha value is -2.01. The smallest absolute Gasteiger partial charge is 0.265 e. The Labute approximate surface area is 121 Å². The van der Waals surface area contributed by atoms with Crippen LogP contribution in [-0.2, 0) is 11.3 Å². The quantitative estimate of drug-likeness (QED) is 0.945. The average molecular weight is 289 g/mol. The Morgan fingerprint density at radius 3 is 2.70 bits per heavy atom. The van der Waals surface area contributed by atoms with Crippen molar-refractivity contribution >= 4 is 17.2 Å². The van der Waals surface area contributed by atoms with Crippen molar-refractivity contribution in [2.24, 2.45) is 0 Å². The summed E-state index contributed by atoms with van der Waals surface area (Å²) in [6, 6.07) is 9.37. The molecule has 0 radical (unpaired) electrons. The van der Waals surface area contributed by atoms with Crippen LogP contribution in [0.3, 0.4) is 0 Å². The van der Waals surface area contributed by atoms with Crippen molar-refractivity contribution in [2.45, 2.75) is 25.7 Å². The van der Waals surface area contributed by atoms with Crippen LogP contribution < -0.4 is 14.8 Å². The minimum absolute atomic E-state index is 0.154. The van der Waals surface area contributed by atoms with E-state index in [1.807, 2.05) is 41.9 Å². The third-order valence-corrected chi connectivity index (χ3v) is 3.88. The molecule has 1 aromatic heterocycles. The highest BCUT2D eigenvalue weighted by Gasteiger charge is 2.33. The van der Waals surface area contributed by atoms with E-state index in [1.54, 1.807) is 17.4 Å². The lowest BCUT2D eigenvalue weighted by atomic mass is 10.1. The minimum atomic E-state index is -0.622. The molecule has 0 aliphatic carbocycles. The van der Waals surface area contributed by atoms with Gasteiger partial charge in [-0.05, 0) is 41.4 Å². The van der Waals surface area contributed by atoms with Crippen molar-refractivity contribution in [2.75, 3.05) is 0 Å². The molecule has 2 aromatic rings. The summed E-state index contributed by atoms with van der Waals surface area (Å²) in [6.45, 7) is 2.35. The number of nitrogens with one attached hydrogen (secondary N) is 1. The lowest BCUT2D eigenvalue weighted by Gasteiger charge is -2.30. The number of fused-ring (bicyclic) bond motifs is 1. The second-order valence-electron chi connectivity index (χ2n) is 4.66. The third-order valence-electron chi connectivity index (χ3n) is 3.15. The highest BCUT2D eigenvalue weighted by molar-refractivity contribution is 7.07. The van der Waals surface area contributed by atoms with Crippen LogP contribution in [0.25, 0.3) is 0 Å². The molecule has 1 aromatic carbocycles. The Kier molecular flexibility index (Phi) is 3.60. The van der Waals surface area contributed by atoms with Gasteiger partial charge < -0.3 is 14.8 Å². The SMILES string of the molecule is C[C@@H]1Oc2ccccc2O[C@H]1C(=O)NCc1ccsc1. The summed E-state index contributed by atoms with van der Waals surface area (Å²) in [5, 5.41) is 6.88. The van der Waals surface area contributed by atoms with Crippen LogP contribution in [0.2, 0.25) is 0 Å². The fourth-order valence-electron chi connectivity index (χ4n) is 2.09. The van der Waals surface area contributed by atoms with Gasteiger partial charge in [0.25, 0.3) is 5.91 Å². The van der Waals surface area contributed by atoms with E-state index in [2.05, 4.69) is 5.32 Å². The van der Waals surface area contributed by atoms with Crippen molar-refractivity contribution in [1.29, 1.82) is 0 Å². The lowest BCUT2D eigenvalue weighted by Crippen LogP contribution is -2.48. The molecule has 104 valence electrons. The van der Waals surface area contributed by atoms with Crippen LogP contribution in [0.1, 0.15) is 12.5 Å². The molecule has 0 saturated carbocycles. The van der Waals surface area contributed by atoms with Gasteiger partial charge in [0.05, 0.1) is 0 Å². The van der Waals surface area contributed by atoms with E-state index < -0.39 is 6.10 Å². The molecule has 2 atom stereocenters. The van der Waals surface area contributed by atoms with Crippen LogP contribution in [-0.4, -0.2) is 18.1 Å². The normalized spacial score (nSPS) is 20.4. The van der Waals surface area contributed by atoms with Gasteiger partial charge in [-0.15, -0.1) is 0 Å². The van der Waals surface area contributed by atoms with Crippen LogP contribution in [0, 0.1) is 0 Å². The molecule has 1 N–H and O–H groups in total. The zero-order valence-corrected chi connectivity index (χ0v) is 11.9. The molecule has 20 heavy (non-hydrogen) atoms. The van der Waals surface area contributed by atoms with Gasteiger partial charge in [-0.3, -0.25) is 4.79 Å². The van der Waals surface area contributed by atoms with E-state index in [9.17, 15) is 4.79 Å². The first kappa shape index (κ1) is 13.0. The maximum Gasteiger partial charge on any atom is 0.265 e. The van der Waals surface area contributed by atoms with Crippen molar-refractivity contribution in [3.63, 3.8) is 0 Å². The van der Waals surface area contributed by atoms with Crippen molar-refractivity contribution < 1.29 is 14.3 Å². The summed E-state index contributed by atoms with van der Waals surface area (Å²) in [5.41, 5.74) is 1.09. The van der Waals surface area contributed by atoms with Gasteiger partial charge in [-0.1, -0.05) is 12.1 Å². The summed E-state index contributed by atoms with van der Waals surface area (Å²) in [6.07, 6.45) is -0.934. The molecule has 0 unspecified atom stereocenters. The molecule has 3 rings (SSSR count). The number of benzene rings is 1. The first-order chi connectivity index (χ1) is 9.74. The molecule has 0 bridgehead atoms. The van der Waals surface area contributed by atoms with E-state index in [4.69, 9.17) is 9.47 Å². The van der Waals surface area contributed by atoms with Crippen LogP contribution in [0.4, 0.5) is 0 Å². The first-order valence-electron chi connectivity index (χ1n) is 6.45. The maximum absolute atomic E-state index is 12.2. The monoisotopic (exact) mass is 289 g/mol. The van der Waals surface area contributed by atoms with E-state index in [0.29, 0.717) is 18.0 Å². The number of hydrogen-bond acceptors (Lipinski definition) is 4. The average Bonchev–Trinajstić information content (AvgIpc) is 2.97. The van der Waals surface area contributed by atoms with Crippen molar-refractivity contribution in [3.8, 4) is 11.5 Å². The highest BCUT2D eigenvalue weighted by Crippen LogP contribution is 2.33. The predicted octanol–water partition coefficient (Wildman–Crippen LogP) is 2.59. The van der Waals surface area contributed by atoms with Crippen LogP contribution >= 0.6 is 11.3 Å². The van der Waals surface area contributed by atoms with Crippen LogP contribution in [0.5, 0.6) is 11.5 Å². The number of carbonyl (C=O) groups is 1. The van der Waals surface area contributed by atoms with Gasteiger partial charge in [-0.25, -0.2) is 0 Å². The molecule has 1 amide bonds. The molecule has 1 aliphatic heterocycles. The van der Waals surface area contributed by atoms with Crippen LogP contribution in [0.15, 0.2) is 41.1 Å². The predicted molar refractivity (Wildman–Crippen MR) is 77.1 cm³/mol. The van der Waals surface area contributed by atoms with E-state index in [0.717, 1.165) is 5.56 Å². The van der Waals surface area contributed by atoms with Gasteiger partial charge in [0, 0.05) is 6.54 Å². The molecule has 1 aliphatic rings. The summed E-state index contributed by atoms with van der Waals surface area (Å²) in [4.78, 5) is 12.2. The molecule has 0 spiro atoms. The standard InChI is InChI=1S/C15H15NO3S/c1-10-14(15(17)16-8-11-6-7-20-9-11)19-13-5-3-2-4-12(13)18-10/h2-7,9-10,14H,8H2,1H3,(H,16,17)/t10-,14+/m0/s1. The molecular weight excluding hydrogens is 274 g/mol. The highest BCUT2D eigenvalue weighted by atomic mass is 32.1. The van der Waals surface area contributed by atoms with Crippen molar-refractivity contribution in [1.82, 2.24) is 5.32 Å². The summed E-state index contributed by atoms with van der Waals surface area (Å²) in [7, 11) is 0. The Morgan fingerprint density at radius 1 is 1.25 bits per heavy atom. The largest absolute Gasteiger partial charge is 0.482 e. The summed E-state index contributed by atoms with van der Waals surface area (Å²) >= 11 is 1.61. The number of amides is 1. The second-order valence-corrected chi connectivity index (χ2v) is 5.44. The number of rotatable bonds is 3. The number of ether oxygens (including phenoxy) is 2. The Bertz CT molecular complexity index is 597. The minimum Gasteiger partial charge on any atom is -0.482 e. The Morgan fingerprint density at radius 2 is 2.00 bits per heavy atom. The van der Waals surface area contributed by atoms with E-state index in [-0.39, 0.29) is 12.0 Å². The third kappa shape index (κ3) is 2.63. The van der Waals surface area contributed by atoms with Gasteiger partial charge >= 0.3 is 0 Å². The maximum atomic E-state index is 12.2. The molecular formula is C15H15NO3S. The van der Waals surface area contributed by atoms with Gasteiger partial charge in [0.15, 0.2) is 11.5 Å². The van der Waals surface area contributed by atoms with Gasteiger partial charge in [0.1, 0.15) is 6.10 Å². The second kappa shape index (κ2) is 5.54. The molecule has 5 heteroatoms. The Balaban J connectivity index is 1.66. The van der Waals surface area contributed by atoms with E-state index >= 15 is 0 Å². The molecule has 0 fully saturated rings. The zero-order valence-electron chi connectivity index (χ0n) is 11.0. The van der Waals surface area contributed by atoms with E-state index in [1.165, 1.54) is 0 Å². The van der Waals surface area contributed by atoms with Crippen molar-refractivity contribution in [3.05, 3.63) is 46.7 Å².